The van der Waals surface area contributed by atoms with E-state index in [-0.39, 0.29) is 24.2 Å². The zero-order valence-corrected chi connectivity index (χ0v) is 11.7. The summed E-state index contributed by atoms with van der Waals surface area (Å²) < 4.78 is 18.3. The van der Waals surface area contributed by atoms with Crippen molar-refractivity contribution in [1.29, 1.82) is 0 Å². The summed E-state index contributed by atoms with van der Waals surface area (Å²) in [7, 11) is 0. The maximum Gasteiger partial charge on any atom is 0.316 e. The summed E-state index contributed by atoms with van der Waals surface area (Å²) in [4.78, 5) is 19.1. The summed E-state index contributed by atoms with van der Waals surface area (Å²) in [5.74, 6) is -0.485. The van der Waals surface area contributed by atoms with Crippen LogP contribution >= 0.6 is 0 Å². The van der Waals surface area contributed by atoms with E-state index in [4.69, 9.17) is 4.74 Å². The van der Waals surface area contributed by atoms with Crippen LogP contribution in [0.25, 0.3) is 0 Å². The highest BCUT2D eigenvalue weighted by atomic mass is 19.1. The van der Waals surface area contributed by atoms with Crippen LogP contribution in [-0.2, 0) is 0 Å². The van der Waals surface area contributed by atoms with E-state index < -0.39 is 5.82 Å². The van der Waals surface area contributed by atoms with Gasteiger partial charge in [-0.05, 0) is 25.7 Å². The highest BCUT2D eigenvalue weighted by molar-refractivity contribution is 5.74. The van der Waals surface area contributed by atoms with Gasteiger partial charge in [0.2, 0.25) is 0 Å². The van der Waals surface area contributed by atoms with Crippen LogP contribution in [-0.4, -0.2) is 34.7 Å². The molecule has 0 spiro atoms. The van der Waals surface area contributed by atoms with E-state index in [1.807, 2.05) is 0 Å². The number of urea groups is 1. The number of nitrogens with zero attached hydrogens (tertiary/aromatic N) is 2. The van der Waals surface area contributed by atoms with Gasteiger partial charge in [-0.15, -0.1) is 6.58 Å². The number of rotatable bonds is 5. The van der Waals surface area contributed by atoms with Gasteiger partial charge in [0.15, 0.2) is 5.82 Å². The molecule has 2 N–H and O–H groups in total. The number of halogens is 1. The van der Waals surface area contributed by atoms with Gasteiger partial charge in [0.25, 0.3) is 0 Å². The molecule has 21 heavy (non-hydrogen) atoms. The largest absolute Gasteiger partial charge is 0.460 e. The third kappa shape index (κ3) is 5.02. The molecule has 1 saturated carbocycles. The molecule has 0 radical (unpaired) electrons. The fourth-order valence-electron chi connectivity index (χ4n) is 2.24. The Morgan fingerprint density at radius 1 is 1.38 bits per heavy atom. The number of hydrogen-bond donors (Lipinski definition) is 2. The zero-order chi connectivity index (χ0) is 15.1. The summed E-state index contributed by atoms with van der Waals surface area (Å²) >= 11 is 0. The van der Waals surface area contributed by atoms with Crippen LogP contribution in [0.4, 0.5) is 9.18 Å². The van der Waals surface area contributed by atoms with Crippen molar-refractivity contribution in [2.24, 2.45) is 0 Å². The SMILES string of the molecule is C=CCNC(=O)NC1CCC(Oc2ncc(F)cn2)CC1. The molecule has 0 aromatic carbocycles. The van der Waals surface area contributed by atoms with Crippen LogP contribution < -0.4 is 15.4 Å². The summed E-state index contributed by atoms with van der Waals surface area (Å²) in [5, 5.41) is 5.59. The number of aromatic nitrogens is 2. The van der Waals surface area contributed by atoms with Crippen molar-refractivity contribution in [1.82, 2.24) is 20.6 Å². The second-order valence-electron chi connectivity index (χ2n) is 4.92. The predicted octanol–water partition coefficient (Wildman–Crippen LogP) is 1.79. The number of carbonyl (C=O) groups is 1. The molecule has 1 aromatic heterocycles. The molecule has 114 valence electrons. The number of hydrogen-bond acceptors (Lipinski definition) is 4. The second kappa shape index (κ2) is 7.56. The quantitative estimate of drug-likeness (QED) is 0.812. The summed E-state index contributed by atoms with van der Waals surface area (Å²) in [6, 6.07) is 0.154. The fourth-order valence-corrected chi connectivity index (χ4v) is 2.24. The average molecular weight is 294 g/mol. The third-order valence-corrected chi connectivity index (χ3v) is 3.29. The van der Waals surface area contributed by atoms with Gasteiger partial charge < -0.3 is 15.4 Å². The lowest BCUT2D eigenvalue weighted by atomic mass is 9.93. The van der Waals surface area contributed by atoms with Crippen LogP contribution in [0.15, 0.2) is 25.0 Å². The first-order valence-electron chi connectivity index (χ1n) is 6.97. The van der Waals surface area contributed by atoms with Crippen LogP contribution in [0.3, 0.4) is 0 Å². The molecule has 0 unspecified atom stereocenters. The lowest BCUT2D eigenvalue weighted by Gasteiger charge is -2.28. The summed E-state index contributed by atoms with van der Waals surface area (Å²) in [6.07, 6.45) is 7.05. The van der Waals surface area contributed by atoms with Gasteiger partial charge in [0, 0.05) is 12.6 Å². The van der Waals surface area contributed by atoms with E-state index in [0.29, 0.717) is 6.54 Å². The number of amides is 2. The Hall–Kier alpha value is -2.18. The molecule has 0 saturated heterocycles. The first kappa shape index (κ1) is 15.2. The maximum atomic E-state index is 12.7. The molecule has 7 heteroatoms. The van der Waals surface area contributed by atoms with Gasteiger partial charge >= 0.3 is 12.0 Å². The highest BCUT2D eigenvalue weighted by Crippen LogP contribution is 2.22. The third-order valence-electron chi connectivity index (χ3n) is 3.29. The van der Waals surface area contributed by atoms with Crippen molar-refractivity contribution in [2.75, 3.05) is 6.54 Å². The normalized spacial score (nSPS) is 21.4. The van der Waals surface area contributed by atoms with Crippen molar-refractivity contribution in [3.63, 3.8) is 0 Å². The zero-order valence-electron chi connectivity index (χ0n) is 11.7. The molecule has 0 bridgehead atoms. The maximum absolute atomic E-state index is 12.7. The molecule has 1 aliphatic carbocycles. The summed E-state index contributed by atoms with van der Waals surface area (Å²) in [6.45, 7) is 3.99. The highest BCUT2D eigenvalue weighted by Gasteiger charge is 2.24. The lowest BCUT2D eigenvalue weighted by Crippen LogP contribution is -2.44. The van der Waals surface area contributed by atoms with Crippen LogP contribution in [0, 0.1) is 5.82 Å². The molecule has 6 nitrogen and oxygen atoms in total. The van der Waals surface area contributed by atoms with Crippen molar-refractivity contribution in [3.05, 3.63) is 30.9 Å². The topological polar surface area (TPSA) is 76.1 Å². The molecule has 2 rings (SSSR count). The summed E-state index contributed by atoms with van der Waals surface area (Å²) in [5.41, 5.74) is 0. The van der Waals surface area contributed by atoms with Crippen molar-refractivity contribution in [3.8, 4) is 6.01 Å². The van der Waals surface area contributed by atoms with Crippen molar-refractivity contribution >= 4 is 6.03 Å². The van der Waals surface area contributed by atoms with E-state index in [9.17, 15) is 9.18 Å². The fraction of sp³-hybridized carbons (Fsp3) is 0.500. The number of carbonyl (C=O) groups excluding carboxylic acids is 1. The van der Waals surface area contributed by atoms with Gasteiger partial charge in [-0.1, -0.05) is 6.08 Å². The smallest absolute Gasteiger partial charge is 0.316 e. The standard InChI is InChI=1S/C14H19FN4O2/c1-2-7-16-13(20)19-11-3-5-12(6-4-11)21-14-17-8-10(15)9-18-14/h2,8-9,11-12H,1,3-7H2,(H2,16,19,20). The van der Waals surface area contributed by atoms with Gasteiger partial charge in [-0.3, -0.25) is 0 Å². The minimum atomic E-state index is -0.485. The van der Waals surface area contributed by atoms with Crippen molar-refractivity contribution < 1.29 is 13.9 Å². The van der Waals surface area contributed by atoms with Crippen molar-refractivity contribution in [2.45, 2.75) is 37.8 Å². The minimum absolute atomic E-state index is 0.00440. The van der Waals surface area contributed by atoms with Gasteiger partial charge in [-0.25, -0.2) is 19.2 Å². The Balaban J connectivity index is 1.71. The molecule has 0 aliphatic heterocycles. The second-order valence-corrected chi connectivity index (χ2v) is 4.92. The first-order chi connectivity index (χ1) is 10.2. The van der Waals surface area contributed by atoms with E-state index in [2.05, 4.69) is 27.2 Å². The molecule has 1 aromatic rings. The Kier molecular flexibility index (Phi) is 5.48. The lowest BCUT2D eigenvalue weighted by molar-refractivity contribution is 0.128. The molecular formula is C14H19FN4O2. The van der Waals surface area contributed by atoms with E-state index in [0.717, 1.165) is 38.1 Å². The predicted molar refractivity (Wildman–Crippen MR) is 75.4 cm³/mol. The minimum Gasteiger partial charge on any atom is -0.460 e. The van der Waals surface area contributed by atoms with Crippen LogP contribution in [0.5, 0.6) is 6.01 Å². The molecule has 2 amide bonds. The molecular weight excluding hydrogens is 275 g/mol. The number of ether oxygens (including phenoxy) is 1. The Morgan fingerprint density at radius 2 is 2.05 bits per heavy atom. The van der Waals surface area contributed by atoms with E-state index >= 15 is 0 Å². The van der Waals surface area contributed by atoms with Crippen LogP contribution in [0.1, 0.15) is 25.7 Å². The van der Waals surface area contributed by atoms with E-state index in [1.54, 1.807) is 6.08 Å². The first-order valence-corrected chi connectivity index (χ1v) is 6.97. The molecule has 0 atom stereocenters. The molecule has 1 heterocycles. The monoisotopic (exact) mass is 294 g/mol. The van der Waals surface area contributed by atoms with Gasteiger partial charge in [-0.2, -0.15) is 0 Å². The van der Waals surface area contributed by atoms with Crippen LogP contribution in [0.2, 0.25) is 0 Å². The number of nitrogens with one attached hydrogen (secondary N) is 2. The molecule has 1 aliphatic rings. The van der Waals surface area contributed by atoms with Gasteiger partial charge in [0.05, 0.1) is 12.4 Å². The van der Waals surface area contributed by atoms with E-state index in [1.165, 1.54) is 0 Å². The Bertz CT molecular complexity index is 472. The molecule has 1 fully saturated rings. The Morgan fingerprint density at radius 3 is 2.67 bits per heavy atom. The Labute approximate surface area is 122 Å². The van der Waals surface area contributed by atoms with Gasteiger partial charge in [0.1, 0.15) is 6.10 Å². The average Bonchev–Trinajstić information content (AvgIpc) is 2.49.